The minimum absolute atomic E-state index is 0.0919. The molecule has 108 valence electrons. The number of aryl methyl sites for hydroxylation is 2. The fourth-order valence-corrected chi connectivity index (χ4v) is 1.89. The van der Waals surface area contributed by atoms with E-state index in [2.05, 4.69) is 0 Å². The van der Waals surface area contributed by atoms with Gasteiger partial charge < -0.3 is 4.74 Å². The number of ether oxygens (including phenoxy) is 1. The van der Waals surface area contributed by atoms with Gasteiger partial charge in [-0.3, -0.25) is 10.1 Å². The van der Waals surface area contributed by atoms with Crippen molar-refractivity contribution < 1.29 is 14.5 Å². The van der Waals surface area contributed by atoms with Gasteiger partial charge >= 0.3 is 5.97 Å². The van der Waals surface area contributed by atoms with Crippen LogP contribution in [0.2, 0.25) is 0 Å². The van der Waals surface area contributed by atoms with Crippen LogP contribution in [0.5, 0.6) is 5.75 Å². The molecule has 5 nitrogen and oxygen atoms in total. The van der Waals surface area contributed by atoms with Crippen molar-refractivity contribution in [2.24, 2.45) is 0 Å². The van der Waals surface area contributed by atoms with E-state index >= 15 is 0 Å². The van der Waals surface area contributed by atoms with Crippen LogP contribution >= 0.6 is 0 Å². The van der Waals surface area contributed by atoms with Crippen molar-refractivity contribution in [1.82, 2.24) is 0 Å². The molecule has 0 saturated carbocycles. The Morgan fingerprint density at radius 3 is 2.43 bits per heavy atom. The van der Waals surface area contributed by atoms with E-state index in [9.17, 15) is 14.9 Å². The van der Waals surface area contributed by atoms with Crippen molar-refractivity contribution in [3.63, 3.8) is 0 Å². The van der Waals surface area contributed by atoms with E-state index in [0.717, 1.165) is 12.0 Å². The Morgan fingerprint density at radius 1 is 1.19 bits per heavy atom. The van der Waals surface area contributed by atoms with Gasteiger partial charge in [-0.05, 0) is 37.1 Å². The van der Waals surface area contributed by atoms with Crippen LogP contribution in [-0.2, 0) is 6.42 Å². The molecule has 0 heterocycles. The predicted molar refractivity (Wildman–Crippen MR) is 78.6 cm³/mol. The first-order chi connectivity index (χ1) is 10.0. The monoisotopic (exact) mass is 285 g/mol. The minimum atomic E-state index is -0.609. The van der Waals surface area contributed by atoms with Crippen molar-refractivity contribution in [1.29, 1.82) is 0 Å². The van der Waals surface area contributed by atoms with E-state index in [0.29, 0.717) is 11.3 Å². The molecule has 0 aliphatic carbocycles. The zero-order chi connectivity index (χ0) is 15.4. The summed E-state index contributed by atoms with van der Waals surface area (Å²) in [6.45, 7) is 3.66. The second-order valence-electron chi connectivity index (χ2n) is 4.65. The van der Waals surface area contributed by atoms with Gasteiger partial charge in [0.25, 0.3) is 5.69 Å². The van der Waals surface area contributed by atoms with Crippen molar-refractivity contribution in [2.45, 2.75) is 20.3 Å². The van der Waals surface area contributed by atoms with Gasteiger partial charge in [-0.1, -0.05) is 25.1 Å². The van der Waals surface area contributed by atoms with E-state index < -0.39 is 10.9 Å². The third-order valence-corrected chi connectivity index (χ3v) is 3.18. The second kappa shape index (κ2) is 6.17. The standard InChI is InChI=1S/C16H15NO4/c1-3-12-5-8-14(9-6-12)21-16(18)13-7-4-11(2)15(10-13)17(19)20/h4-10H,3H2,1-2H3. The number of esters is 1. The molecular weight excluding hydrogens is 270 g/mol. The van der Waals surface area contributed by atoms with Gasteiger partial charge in [0, 0.05) is 11.6 Å². The number of rotatable bonds is 4. The van der Waals surface area contributed by atoms with Crippen LogP contribution in [0.3, 0.4) is 0 Å². The highest BCUT2D eigenvalue weighted by Gasteiger charge is 2.16. The Morgan fingerprint density at radius 2 is 1.86 bits per heavy atom. The van der Waals surface area contributed by atoms with Gasteiger partial charge in [0.15, 0.2) is 0 Å². The van der Waals surface area contributed by atoms with Crippen molar-refractivity contribution in [2.75, 3.05) is 0 Å². The van der Waals surface area contributed by atoms with Crippen molar-refractivity contribution in [3.8, 4) is 5.75 Å². The number of nitrogens with zero attached hydrogens (tertiary/aromatic N) is 1. The summed E-state index contributed by atoms with van der Waals surface area (Å²) in [6.07, 6.45) is 0.901. The van der Waals surface area contributed by atoms with Gasteiger partial charge in [-0.15, -0.1) is 0 Å². The molecule has 2 aromatic carbocycles. The predicted octanol–water partition coefficient (Wildman–Crippen LogP) is 3.68. The molecule has 0 bridgehead atoms. The number of benzene rings is 2. The number of nitro benzene ring substituents is 1. The molecule has 0 N–H and O–H groups in total. The maximum atomic E-state index is 12.0. The fraction of sp³-hybridized carbons (Fsp3) is 0.188. The first-order valence-corrected chi connectivity index (χ1v) is 6.57. The van der Waals surface area contributed by atoms with Crippen LogP contribution in [0.25, 0.3) is 0 Å². The smallest absolute Gasteiger partial charge is 0.343 e. The minimum Gasteiger partial charge on any atom is -0.423 e. The summed E-state index contributed by atoms with van der Waals surface area (Å²) in [5.74, 6) is -0.192. The van der Waals surface area contributed by atoms with Crippen molar-refractivity contribution in [3.05, 3.63) is 69.3 Å². The summed E-state index contributed by atoms with van der Waals surface area (Å²) >= 11 is 0. The van der Waals surface area contributed by atoms with Gasteiger partial charge in [-0.2, -0.15) is 0 Å². The van der Waals surface area contributed by atoms with Gasteiger partial charge in [0.1, 0.15) is 5.75 Å². The number of hydrogen-bond donors (Lipinski definition) is 0. The lowest BCUT2D eigenvalue weighted by molar-refractivity contribution is -0.385. The van der Waals surface area contributed by atoms with Crippen LogP contribution in [0.4, 0.5) is 5.69 Å². The van der Waals surface area contributed by atoms with Crippen LogP contribution in [0.15, 0.2) is 42.5 Å². The first-order valence-electron chi connectivity index (χ1n) is 6.57. The molecule has 0 fully saturated rings. The average Bonchev–Trinajstić information content (AvgIpc) is 2.48. The lowest BCUT2D eigenvalue weighted by Crippen LogP contribution is -2.09. The quantitative estimate of drug-likeness (QED) is 0.372. The molecule has 0 unspecified atom stereocenters. The Kier molecular flexibility index (Phi) is 4.33. The average molecular weight is 285 g/mol. The molecule has 0 radical (unpaired) electrons. The van der Waals surface area contributed by atoms with Crippen LogP contribution in [0.1, 0.15) is 28.4 Å². The third-order valence-electron chi connectivity index (χ3n) is 3.18. The SMILES string of the molecule is CCc1ccc(OC(=O)c2ccc(C)c([N+](=O)[O-])c2)cc1. The Balaban J connectivity index is 2.19. The molecular formula is C16H15NO4. The van der Waals surface area contributed by atoms with Crippen molar-refractivity contribution >= 4 is 11.7 Å². The maximum absolute atomic E-state index is 12.0. The van der Waals surface area contributed by atoms with E-state index in [-0.39, 0.29) is 11.3 Å². The summed E-state index contributed by atoms with van der Waals surface area (Å²) in [5.41, 5.74) is 1.71. The van der Waals surface area contributed by atoms with Crippen LogP contribution < -0.4 is 4.74 Å². The molecule has 0 aliphatic rings. The highest BCUT2D eigenvalue weighted by Crippen LogP contribution is 2.21. The zero-order valence-corrected chi connectivity index (χ0v) is 11.8. The molecule has 0 amide bonds. The Labute approximate surface area is 122 Å². The molecule has 0 spiro atoms. The largest absolute Gasteiger partial charge is 0.423 e. The van der Waals surface area contributed by atoms with Gasteiger partial charge in [-0.25, -0.2) is 4.79 Å². The van der Waals surface area contributed by atoms with E-state index in [1.807, 2.05) is 19.1 Å². The summed E-state index contributed by atoms with van der Waals surface area (Å²) in [4.78, 5) is 22.4. The second-order valence-corrected chi connectivity index (χ2v) is 4.65. The van der Waals surface area contributed by atoms with Crippen LogP contribution in [-0.4, -0.2) is 10.9 Å². The molecule has 5 heteroatoms. The molecule has 0 atom stereocenters. The Bertz CT molecular complexity index is 677. The van der Waals surface area contributed by atoms with E-state index in [4.69, 9.17) is 4.74 Å². The molecule has 0 aliphatic heterocycles. The normalized spacial score (nSPS) is 10.2. The highest BCUT2D eigenvalue weighted by atomic mass is 16.6. The van der Waals surface area contributed by atoms with E-state index in [1.54, 1.807) is 19.1 Å². The number of hydrogen-bond acceptors (Lipinski definition) is 4. The molecule has 2 rings (SSSR count). The zero-order valence-electron chi connectivity index (χ0n) is 11.8. The van der Waals surface area contributed by atoms with Gasteiger partial charge in [0.05, 0.1) is 10.5 Å². The summed E-state index contributed by atoms with van der Waals surface area (Å²) in [7, 11) is 0. The summed E-state index contributed by atoms with van der Waals surface area (Å²) in [5, 5.41) is 10.9. The summed E-state index contributed by atoms with van der Waals surface area (Å²) in [6, 6.07) is 11.5. The fourth-order valence-electron chi connectivity index (χ4n) is 1.89. The first kappa shape index (κ1) is 14.7. The lowest BCUT2D eigenvalue weighted by Gasteiger charge is -2.06. The molecule has 0 aromatic heterocycles. The topological polar surface area (TPSA) is 69.4 Å². The molecule has 2 aromatic rings. The number of carbonyl (C=O) groups is 1. The third kappa shape index (κ3) is 3.45. The molecule has 0 saturated heterocycles. The molecule has 21 heavy (non-hydrogen) atoms. The van der Waals surface area contributed by atoms with Gasteiger partial charge in [0.2, 0.25) is 0 Å². The van der Waals surface area contributed by atoms with E-state index in [1.165, 1.54) is 18.2 Å². The van der Waals surface area contributed by atoms with Crippen LogP contribution in [0, 0.1) is 17.0 Å². The number of carbonyl (C=O) groups excluding carboxylic acids is 1. The maximum Gasteiger partial charge on any atom is 0.343 e. The summed E-state index contributed by atoms with van der Waals surface area (Å²) < 4.78 is 5.21. The highest BCUT2D eigenvalue weighted by molar-refractivity contribution is 5.91. The number of nitro groups is 1. The lowest BCUT2D eigenvalue weighted by atomic mass is 10.1. The Hall–Kier alpha value is -2.69.